The number of nitro benzene ring substituents is 1. The largest absolute Gasteiger partial charge is 0.291 e. The van der Waals surface area contributed by atoms with Crippen molar-refractivity contribution < 1.29 is 9.72 Å². The van der Waals surface area contributed by atoms with Gasteiger partial charge in [-0.15, -0.1) is 0 Å². The van der Waals surface area contributed by atoms with Crippen molar-refractivity contribution in [1.82, 2.24) is 0 Å². The van der Waals surface area contributed by atoms with Gasteiger partial charge >= 0.3 is 0 Å². The Hall–Kier alpha value is -2.73. The summed E-state index contributed by atoms with van der Waals surface area (Å²) in [6.45, 7) is 1.59. The number of hydrogen-bond donors (Lipinski definition) is 0. The standard InChI is InChI=1S/C11H7N3O3/c1-7-2-3-9(14(16)17)4-10(7)11(15)8(5-12)6-13/h2-4,8H,1H3. The molecule has 0 saturated heterocycles. The highest BCUT2D eigenvalue weighted by Gasteiger charge is 2.22. The number of Topliss-reactive ketones (excluding diaryl/α,β-unsaturated/α-hetero) is 1. The van der Waals surface area contributed by atoms with Gasteiger partial charge in [-0.2, -0.15) is 10.5 Å². The highest BCUT2D eigenvalue weighted by atomic mass is 16.6. The zero-order chi connectivity index (χ0) is 13.0. The molecule has 0 aliphatic heterocycles. The predicted molar refractivity (Wildman–Crippen MR) is 56.9 cm³/mol. The molecule has 0 spiro atoms. The van der Waals surface area contributed by atoms with Gasteiger partial charge in [-0.25, -0.2) is 0 Å². The summed E-state index contributed by atoms with van der Waals surface area (Å²) in [4.78, 5) is 21.7. The van der Waals surface area contributed by atoms with Crippen LogP contribution in [0.1, 0.15) is 15.9 Å². The van der Waals surface area contributed by atoms with Crippen LogP contribution in [-0.4, -0.2) is 10.7 Å². The summed E-state index contributed by atoms with van der Waals surface area (Å²) in [5.74, 6) is -2.15. The SMILES string of the molecule is Cc1ccc([N+](=O)[O-])cc1C(=O)C(C#N)C#N. The Labute approximate surface area is 96.9 Å². The number of carbonyl (C=O) groups excluding carboxylic acids is 1. The lowest BCUT2D eigenvalue weighted by Crippen LogP contribution is -2.12. The Bertz CT molecular complexity index is 552. The number of non-ortho nitro benzene ring substituents is 1. The molecule has 0 N–H and O–H groups in total. The van der Waals surface area contributed by atoms with E-state index >= 15 is 0 Å². The zero-order valence-electron chi connectivity index (χ0n) is 8.88. The van der Waals surface area contributed by atoms with Gasteiger partial charge in [-0.3, -0.25) is 14.9 Å². The van der Waals surface area contributed by atoms with Gasteiger partial charge in [0.1, 0.15) is 0 Å². The van der Waals surface area contributed by atoms with Gasteiger partial charge in [0.15, 0.2) is 11.7 Å². The van der Waals surface area contributed by atoms with E-state index in [1.165, 1.54) is 12.1 Å². The molecule has 1 aromatic rings. The summed E-state index contributed by atoms with van der Waals surface area (Å²) < 4.78 is 0. The molecule has 1 rings (SSSR count). The minimum absolute atomic E-state index is 0.0345. The molecule has 0 aromatic heterocycles. The van der Waals surface area contributed by atoms with Crippen LogP contribution >= 0.6 is 0 Å². The van der Waals surface area contributed by atoms with E-state index in [4.69, 9.17) is 10.5 Å². The van der Waals surface area contributed by atoms with Crippen LogP contribution in [0, 0.1) is 45.6 Å². The Morgan fingerprint density at radius 3 is 2.47 bits per heavy atom. The van der Waals surface area contributed by atoms with Crippen LogP contribution in [0.5, 0.6) is 0 Å². The van der Waals surface area contributed by atoms with Crippen molar-refractivity contribution in [3.05, 3.63) is 39.4 Å². The Morgan fingerprint density at radius 2 is 2.00 bits per heavy atom. The molecule has 0 saturated carbocycles. The molecule has 0 atom stereocenters. The van der Waals surface area contributed by atoms with Crippen LogP contribution in [0.25, 0.3) is 0 Å². The van der Waals surface area contributed by atoms with Crippen LogP contribution in [0.2, 0.25) is 0 Å². The molecular formula is C11H7N3O3. The number of carbonyl (C=O) groups is 1. The molecule has 0 bridgehead atoms. The molecule has 1 aromatic carbocycles. The summed E-state index contributed by atoms with van der Waals surface area (Å²) in [5.41, 5.74) is 0.289. The molecule has 6 nitrogen and oxygen atoms in total. The van der Waals surface area contributed by atoms with E-state index in [1.54, 1.807) is 19.1 Å². The maximum absolute atomic E-state index is 11.7. The molecule has 0 radical (unpaired) electrons. The third kappa shape index (κ3) is 2.44. The minimum Gasteiger partial charge on any atom is -0.291 e. The molecule has 0 fully saturated rings. The second-order valence-corrected chi connectivity index (χ2v) is 3.31. The summed E-state index contributed by atoms with van der Waals surface area (Å²) in [5, 5.41) is 27.8. The van der Waals surface area contributed by atoms with E-state index in [9.17, 15) is 14.9 Å². The zero-order valence-corrected chi connectivity index (χ0v) is 8.88. The second-order valence-electron chi connectivity index (χ2n) is 3.31. The fraction of sp³-hybridized carbons (Fsp3) is 0.182. The maximum Gasteiger partial charge on any atom is 0.270 e. The molecule has 17 heavy (non-hydrogen) atoms. The number of nitriles is 2. The topological polar surface area (TPSA) is 108 Å². The molecule has 0 unspecified atom stereocenters. The number of nitrogens with zero attached hydrogens (tertiary/aromatic N) is 3. The van der Waals surface area contributed by atoms with Crippen molar-refractivity contribution in [3.63, 3.8) is 0 Å². The van der Waals surface area contributed by atoms with E-state index in [1.807, 2.05) is 0 Å². The van der Waals surface area contributed by atoms with Crippen molar-refractivity contribution in [3.8, 4) is 12.1 Å². The van der Waals surface area contributed by atoms with Crippen molar-refractivity contribution in [2.24, 2.45) is 5.92 Å². The minimum atomic E-state index is -1.43. The van der Waals surface area contributed by atoms with Gasteiger partial charge in [0.25, 0.3) is 5.69 Å². The Balaban J connectivity index is 3.28. The molecule has 6 heteroatoms. The van der Waals surface area contributed by atoms with Gasteiger partial charge in [-0.1, -0.05) is 6.07 Å². The first-order valence-electron chi connectivity index (χ1n) is 4.59. The summed E-state index contributed by atoms with van der Waals surface area (Å²) in [6, 6.07) is 6.85. The monoisotopic (exact) mass is 229 g/mol. The summed E-state index contributed by atoms with van der Waals surface area (Å²) in [6.07, 6.45) is 0. The van der Waals surface area contributed by atoms with Crippen molar-refractivity contribution >= 4 is 11.5 Å². The van der Waals surface area contributed by atoms with Gasteiger partial charge in [-0.05, 0) is 12.5 Å². The second kappa shape index (κ2) is 4.86. The van der Waals surface area contributed by atoms with Gasteiger partial charge < -0.3 is 0 Å². The third-order valence-electron chi connectivity index (χ3n) is 2.22. The number of benzene rings is 1. The normalized spacial score (nSPS) is 9.41. The average molecular weight is 229 g/mol. The lowest BCUT2D eigenvalue weighted by Gasteiger charge is -2.04. The number of hydrogen-bond acceptors (Lipinski definition) is 5. The molecular weight excluding hydrogens is 222 g/mol. The average Bonchev–Trinajstić information content (AvgIpc) is 2.30. The van der Waals surface area contributed by atoms with E-state index in [0.717, 1.165) is 6.07 Å². The van der Waals surface area contributed by atoms with E-state index in [2.05, 4.69) is 0 Å². The molecule has 0 heterocycles. The number of aryl methyl sites for hydroxylation is 1. The van der Waals surface area contributed by atoms with Crippen LogP contribution in [0.15, 0.2) is 18.2 Å². The van der Waals surface area contributed by atoms with Crippen molar-refractivity contribution in [2.45, 2.75) is 6.92 Å². The first-order chi connectivity index (χ1) is 8.01. The molecule has 0 amide bonds. The Morgan fingerprint density at radius 1 is 1.41 bits per heavy atom. The fourth-order valence-corrected chi connectivity index (χ4v) is 1.29. The molecule has 0 aliphatic rings. The van der Waals surface area contributed by atoms with E-state index < -0.39 is 16.6 Å². The highest BCUT2D eigenvalue weighted by molar-refractivity contribution is 6.02. The number of nitro groups is 1. The predicted octanol–water partition coefficient (Wildman–Crippen LogP) is 1.75. The van der Waals surface area contributed by atoms with Gasteiger partial charge in [0.2, 0.25) is 0 Å². The first kappa shape index (κ1) is 12.3. The van der Waals surface area contributed by atoms with E-state index in [0.29, 0.717) is 5.56 Å². The first-order valence-corrected chi connectivity index (χ1v) is 4.59. The van der Waals surface area contributed by atoms with Gasteiger partial charge in [0.05, 0.1) is 17.1 Å². The van der Waals surface area contributed by atoms with Crippen LogP contribution in [-0.2, 0) is 0 Å². The molecule has 84 valence electrons. The quantitative estimate of drug-likeness (QED) is 0.445. The lowest BCUT2D eigenvalue weighted by atomic mass is 9.96. The van der Waals surface area contributed by atoms with Gasteiger partial charge in [0, 0.05) is 17.7 Å². The van der Waals surface area contributed by atoms with Crippen LogP contribution < -0.4 is 0 Å². The summed E-state index contributed by atoms with van der Waals surface area (Å²) in [7, 11) is 0. The maximum atomic E-state index is 11.7. The molecule has 0 aliphatic carbocycles. The highest BCUT2D eigenvalue weighted by Crippen LogP contribution is 2.20. The van der Waals surface area contributed by atoms with E-state index in [-0.39, 0.29) is 11.3 Å². The summed E-state index contributed by atoms with van der Waals surface area (Å²) >= 11 is 0. The smallest absolute Gasteiger partial charge is 0.270 e. The number of ketones is 1. The van der Waals surface area contributed by atoms with Crippen LogP contribution in [0.4, 0.5) is 5.69 Å². The third-order valence-corrected chi connectivity index (χ3v) is 2.22. The fourth-order valence-electron chi connectivity index (χ4n) is 1.29. The van der Waals surface area contributed by atoms with Crippen LogP contribution in [0.3, 0.4) is 0 Å². The number of rotatable bonds is 3. The van der Waals surface area contributed by atoms with Crippen molar-refractivity contribution in [1.29, 1.82) is 10.5 Å². The van der Waals surface area contributed by atoms with Crippen molar-refractivity contribution in [2.75, 3.05) is 0 Å². The Kier molecular flexibility index (Phi) is 3.53. The lowest BCUT2D eigenvalue weighted by molar-refractivity contribution is -0.384.